The average molecular weight is 493 g/mol. The second-order valence-corrected chi connectivity index (χ2v) is 7.88. The van der Waals surface area contributed by atoms with E-state index in [0.717, 1.165) is 4.57 Å². The van der Waals surface area contributed by atoms with Crippen LogP contribution in [0.4, 0.5) is 5.82 Å². The molecule has 2 heterocycles. The Balaban J connectivity index is 1.64. The number of nitrogens with two attached hydrogens (primary N) is 1. The van der Waals surface area contributed by atoms with Gasteiger partial charge in [0.05, 0.1) is 11.1 Å². The number of ether oxygens (including phenoxy) is 4. The summed E-state index contributed by atoms with van der Waals surface area (Å²) in [5.74, 6) is -2.07. The molecule has 11 heteroatoms. The molecule has 1 fully saturated rings. The summed E-state index contributed by atoms with van der Waals surface area (Å²) in [6.07, 6.45) is -3.47. The molecular formula is C25H23N3O8. The van der Waals surface area contributed by atoms with Crippen LogP contribution < -0.4 is 11.4 Å². The number of hydrogen-bond donors (Lipinski definition) is 1. The first-order chi connectivity index (χ1) is 17.3. The Morgan fingerprint density at radius 1 is 0.917 bits per heavy atom. The third-order valence-corrected chi connectivity index (χ3v) is 5.35. The van der Waals surface area contributed by atoms with Crippen LogP contribution >= 0.6 is 0 Å². The molecule has 1 aliphatic rings. The molecule has 4 rings (SSSR count). The van der Waals surface area contributed by atoms with Gasteiger partial charge in [0, 0.05) is 13.1 Å². The third-order valence-electron chi connectivity index (χ3n) is 5.35. The number of hydrogen-bond acceptors (Lipinski definition) is 10. The van der Waals surface area contributed by atoms with Gasteiger partial charge in [-0.3, -0.25) is 9.36 Å². The topological polar surface area (TPSA) is 149 Å². The van der Waals surface area contributed by atoms with Crippen molar-refractivity contribution >= 4 is 23.7 Å². The van der Waals surface area contributed by atoms with Gasteiger partial charge in [0.25, 0.3) is 0 Å². The Kier molecular flexibility index (Phi) is 7.40. The highest BCUT2D eigenvalue weighted by atomic mass is 16.7. The number of benzene rings is 2. The molecule has 4 atom stereocenters. The number of nitrogen functional groups attached to an aromatic ring is 1. The monoisotopic (exact) mass is 493 g/mol. The van der Waals surface area contributed by atoms with Crippen molar-refractivity contribution in [2.45, 2.75) is 31.5 Å². The molecule has 2 aromatic carbocycles. The maximum atomic E-state index is 12.9. The van der Waals surface area contributed by atoms with Gasteiger partial charge >= 0.3 is 23.6 Å². The Morgan fingerprint density at radius 3 is 2.11 bits per heavy atom. The van der Waals surface area contributed by atoms with E-state index in [2.05, 4.69) is 4.98 Å². The second kappa shape index (κ2) is 10.8. The van der Waals surface area contributed by atoms with Crippen LogP contribution in [0, 0.1) is 0 Å². The molecule has 1 aliphatic heterocycles. The minimum absolute atomic E-state index is 0.0151. The summed E-state index contributed by atoms with van der Waals surface area (Å²) in [5, 5.41) is 0. The van der Waals surface area contributed by atoms with Crippen molar-refractivity contribution in [1.82, 2.24) is 9.55 Å². The van der Waals surface area contributed by atoms with E-state index < -0.39 is 48.1 Å². The normalized spacial score (nSPS) is 20.9. The van der Waals surface area contributed by atoms with Crippen LogP contribution in [0.3, 0.4) is 0 Å². The van der Waals surface area contributed by atoms with E-state index in [0.29, 0.717) is 5.56 Å². The minimum Gasteiger partial charge on any atom is -0.459 e. The zero-order valence-corrected chi connectivity index (χ0v) is 19.2. The lowest BCUT2D eigenvalue weighted by Gasteiger charge is -2.24. The van der Waals surface area contributed by atoms with Crippen LogP contribution in [0.5, 0.6) is 0 Å². The highest BCUT2D eigenvalue weighted by molar-refractivity contribution is 5.90. The molecule has 0 spiro atoms. The lowest BCUT2D eigenvalue weighted by atomic mass is 10.1. The van der Waals surface area contributed by atoms with Gasteiger partial charge in [-0.15, -0.1) is 0 Å². The first-order valence-corrected chi connectivity index (χ1v) is 11.0. The molecule has 0 radical (unpaired) electrons. The first kappa shape index (κ1) is 24.6. The molecule has 36 heavy (non-hydrogen) atoms. The second-order valence-electron chi connectivity index (χ2n) is 7.88. The number of rotatable bonds is 7. The van der Waals surface area contributed by atoms with Crippen molar-refractivity contribution < 1.29 is 33.3 Å². The van der Waals surface area contributed by atoms with Gasteiger partial charge in [0.2, 0.25) is 0 Å². The molecule has 0 amide bonds. The van der Waals surface area contributed by atoms with Crippen molar-refractivity contribution in [2.75, 3.05) is 12.3 Å². The van der Waals surface area contributed by atoms with Crippen LogP contribution in [-0.2, 0) is 23.7 Å². The average Bonchev–Trinajstić information content (AvgIpc) is 3.19. The van der Waals surface area contributed by atoms with E-state index in [1.807, 2.05) is 0 Å². The van der Waals surface area contributed by atoms with Crippen LogP contribution in [0.15, 0.2) is 77.7 Å². The molecular weight excluding hydrogens is 470 g/mol. The van der Waals surface area contributed by atoms with E-state index in [1.165, 1.54) is 19.2 Å². The summed E-state index contributed by atoms with van der Waals surface area (Å²) in [6.45, 7) is 0.811. The van der Waals surface area contributed by atoms with Gasteiger partial charge in [-0.1, -0.05) is 36.4 Å². The molecule has 0 bridgehead atoms. The Bertz CT molecular complexity index is 1300. The zero-order valence-electron chi connectivity index (χ0n) is 19.2. The zero-order chi connectivity index (χ0) is 25.7. The van der Waals surface area contributed by atoms with E-state index in [1.54, 1.807) is 60.7 Å². The fraction of sp³-hybridized carbons (Fsp3) is 0.240. The van der Waals surface area contributed by atoms with Crippen molar-refractivity contribution in [1.29, 1.82) is 0 Å². The van der Waals surface area contributed by atoms with Gasteiger partial charge in [-0.05, 0) is 30.3 Å². The number of carbonyl (C=O) groups excluding carboxylic acids is 3. The lowest BCUT2D eigenvalue weighted by molar-refractivity contribution is -0.156. The molecule has 3 aromatic rings. The minimum atomic E-state index is -1.25. The predicted octanol–water partition coefficient (Wildman–Crippen LogP) is 1.74. The summed E-state index contributed by atoms with van der Waals surface area (Å²) in [4.78, 5) is 53.5. The van der Waals surface area contributed by atoms with Crippen molar-refractivity contribution in [3.63, 3.8) is 0 Å². The largest absolute Gasteiger partial charge is 0.459 e. The lowest BCUT2D eigenvalue weighted by Crippen LogP contribution is -2.42. The Hall–Kier alpha value is -4.51. The quantitative estimate of drug-likeness (QED) is 0.381. The number of carbonyl (C=O) groups is 3. The summed E-state index contributed by atoms with van der Waals surface area (Å²) in [6, 6.07) is 17.8. The Morgan fingerprint density at radius 2 is 1.53 bits per heavy atom. The number of aromatic nitrogens is 2. The molecule has 1 saturated heterocycles. The van der Waals surface area contributed by atoms with Crippen LogP contribution in [0.2, 0.25) is 0 Å². The summed E-state index contributed by atoms with van der Waals surface area (Å²) in [7, 11) is 0. The van der Waals surface area contributed by atoms with Gasteiger partial charge in [0.15, 0.2) is 18.4 Å². The molecule has 11 nitrogen and oxygen atoms in total. The maximum absolute atomic E-state index is 12.9. The third kappa shape index (κ3) is 5.58. The van der Waals surface area contributed by atoms with Gasteiger partial charge < -0.3 is 24.7 Å². The van der Waals surface area contributed by atoms with E-state index in [4.69, 9.17) is 24.7 Å². The van der Waals surface area contributed by atoms with Crippen molar-refractivity contribution in [2.24, 2.45) is 0 Å². The SMILES string of the molecule is CC(=O)O[C@H]1[C@H](OC(=O)c2ccccc2)[C@H](COC(=O)c2ccccc2)O[C@@H]1n1ccc(N)nc1=O. The molecule has 1 aromatic heterocycles. The van der Waals surface area contributed by atoms with Crippen LogP contribution in [-0.4, -0.2) is 52.4 Å². The molecule has 2 N–H and O–H groups in total. The number of nitrogens with zero attached hydrogens (tertiary/aromatic N) is 2. The maximum Gasteiger partial charge on any atom is 0.351 e. The fourth-order valence-corrected chi connectivity index (χ4v) is 3.73. The van der Waals surface area contributed by atoms with E-state index in [9.17, 15) is 19.2 Å². The van der Waals surface area contributed by atoms with E-state index >= 15 is 0 Å². The summed E-state index contributed by atoms with van der Waals surface area (Å²) < 4.78 is 23.5. The highest BCUT2D eigenvalue weighted by Crippen LogP contribution is 2.34. The standard InChI is InChI=1S/C25H23N3O8/c1-15(29)34-21-20(36-24(31)17-10-6-3-7-11-17)18(14-33-23(30)16-8-4-2-5-9-16)35-22(21)28-13-12-19(26)27-25(28)32/h2-13,18,20-22H,14H2,1H3,(H2,26,27,32)/t18-,20+,21-,22-/m0/s1. The van der Waals surface area contributed by atoms with Gasteiger partial charge in [0.1, 0.15) is 18.5 Å². The molecule has 186 valence electrons. The Labute approximate surface area is 205 Å². The van der Waals surface area contributed by atoms with E-state index in [-0.39, 0.29) is 18.0 Å². The molecule has 0 aliphatic carbocycles. The number of anilines is 1. The van der Waals surface area contributed by atoms with Crippen LogP contribution in [0.1, 0.15) is 33.9 Å². The number of esters is 3. The smallest absolute Gasteiger partial charge is 0.351 e. The highest BCUT2D eigenvalue weighted by Gasteiger charge is 2.51. The van der Waals surface area contributed by atoms with Crippen molar-refractivity contribution in [3.05, 3.63) is 94.5 Å². The van der Waals surface area contributed by atoms with Gasteiger partial charge in [-0.25, -0.2) is 14.4 Å². The molecule has 0 unspecified atom stereocenters. The molecule has 0 saturated carbocycles. The summed E-state index contributed by atoms with van der Waals surface area (Å²) >= 11 is 0. The summed E-state index contributed by atoms with van der Waals surface area (Å²) in [5.41, 5.74) is 5.36. The van der Waals surface area contributed by atoms with Crippen molar-refractivity contribution in [3.8, 4) is 0 Å². The van der Waals surface area contributed by atoms with Gasteiger partial charge in [-0.2, -0.15) is 4.98 Å². The first-order valence-electron chi connectivity index (χ1n) is 11.0. The van der Waals surface area contributed by atoms with Crippen LogP contribution in [0.25, 0.3) is 0 Å². The fourth-order valence-electron chi connectivity index (χ4n) is 3.73. The predicted molar refractivity (Wildman–Crippen MR) is 125 cm³/mol.